The van der Waals surface area contributed by atoms with Crippen molar-refractivity contribution in [3.63, 3.8) is 0 Å². The molecule has 1 aromatic rings. The van der Waals surface area contributed by atoms with E-state index in [0.717, 1.165) is 13.0 Å². The summed E-state index contributed by atoms with van der Waals surface area (Å²) in [7, 11) is 0. The summed E-state index contributed by atoms with van der Waals surface area (Å²) in [5.41, 5.74) is 5.32. The van der Waals surface area contributed by atoms with Crippen molar-refractivity contribution in [3.05, 3.63) is 29.6 Å². The quantitative estimate of drug-likeness (QED) is 0.688. The van der Waals surface area contributed by atoms with E-state index in [1.54, 1.807) is 26.0 Å². The summed E-state index contributed by atoms with van der Waals surface area (Å²) in [6.07, 6.45) is 2.17. The number of benzene rings is 1. The Morgan fingerprint density at radius 3 is 2.76 bits per heavy atom. The predicted molar refractivity (Wildman–Crippen MR) is 81.8 cm³/mol. The second kappa shape index (κ2) is 7.98. The van der Waals surface area contributed by atoms with Crippen LogP contribution in [-0.4, -0.2) is 24.6 Å². The largest absolute Gasteiger partial charge is 0.493 e. The molecule has 0 aliphatic carbocycles. The van der Waals surface area contributed by atoms with Crippen LogP contribution in [0.25, 0.3) is 0 Å². The number of aryl methyl sites for hydroxylation is 1. The molecule has 21 heavy (non-hydrogen) atoms. The number of carbonyl (C=O) groups excluding carboxylic acids is 1. The number of primary amides is 1. The second-order valence-corrected chi connectivity index (χ2v) is 5.49. The Hall–Kier alpha value is -1.62. The van der Waals surface area contributed by atoms with E-state index in [0.29, 0.717) is 30.8 Å². The highest BCUT2D eigenvalue weighted by atomic mass is 19.1. The Balaban J connectivity index is 2.43. The first-order valence-electron chi connectivity index (χ1n) is 7.33. The number of hydrogen-bond donors (Lipinski definition) is 2. The Morgan fingerprint density at radius 1 is 1.48 bits per heavy atom. The molecule has 1 aromatic carbocycles. The fraction of sp³-hybridized carbons (Fsp3) is 0.562. The molecule has 0 saturated carbocycles. The molecular formula is C16H25FN2O2. The van der Waals surface area contributed by atoms with Crippen LogP contribution in [0.4, 0.5) is 4.39 Å². The highest BCUT2D eigenvalue weighted by Gasteiger charge is 2.29. The molecule has 0 heterocycles. The topological polar surface area (TPSA) is 64.3 Å². The van der Waals surface area contributed by atoms with E-state index in [1.165, 1.54) is 6.07 Å². The lowest BCUT2D eigenvalue weighted by Crippen LogP contribution is -2.53. The van der Waals surface area contributed by atoms with Crippen molar-refractivity contribution in [2.24, 2.45) is 5.73 Å². The summed E-state index contributed by atoms with van der Waals surface area (Å²) in [5.74, 6) is -0.142. The molecule has 0 aliphatic rings. The van der Waals surface area contributed by atoms with Crippen LogP contribution >= 0.6 is 0 Å². The van der Waals surface area contributed by atoms with Gasteiger partial charge in [-0.15, -0.1) is 0 Å². The Kier molecular flexibility index (Phi) is 6.62. The van der Waals surface area contributed by atoms with Gasteiger partial charge in [0, 0.05) is 6.07 Å². The molecule has 0 radical (unpaired) electrons. The normalized spacial score (nSPS) is 13.7. The second-order valence-electron chi connectivity index (χ2n) is 5.49. The lowest BCUT2D eigenvalue weighted by atomic mass is 9.95. The van der Waals surface area contributed by atoms with E-state index in [1.807, 2.05) is 6.92 Å². The number of rotatable bonds is 9. The molecule has 0 spiro atoms. The summed E-state index contributed by atoms with van der Waals surface area (Å²) in [6.45, 7) is 6.69. The first-order valence-corrected chi connectivity index (χ1v) is 7.33. The molecule has 3 N–H and O–H groups in total. The van der Waals surface area contributed by atoms with Gasteiger partial charge >= 0.3 is 0 Å². The summed E-state index contributed by atoms with van der Waals surface area (Å²) >= 11 is 0. The van der Waals surface area contributed by atoms with Gasteiger partial charge in [-0.05, 0) is 51.3 Å². The number of halogens is 1. The van der Waals surface area contributed by atoms with Crippen molar-refractivity contribution in [1.82, 2.24) is 5.32 Å². The number of nitrogens with one attached hydrogen (secondary N) is 1. The minimum Gasteiger partial charge on any atom is -0.493 e. The first-order chi connectivity index (χ1) is 9.89. The molecule has 0 saturated heterocycles. The zero-order valence-corrected chi connectivity index (χ0v) is 13.0. The fourth-order valence-electron chi connectivity index (χ4n) is 1.98. The third-order valence-electron chi connectivity index (χ3n) is 3.54. The van der Waals surface area contributed by atoms with Crippen molar-refractivity contribution in [1.29, 1.82) is 0 Å². The molecule has 1 atom stereocenters. The number of hydrogen-bond acceptors (Lipinski definition) is 3. The van der Waals surface area contributed by atoms with Crippen molar-refractivity contribution < 1.29 is 13.9 Å². The highest BCUT2D eigenvalue weighted by molar-refractivity contribution is 5.84. The van der Waals surface area contributed by atoms with Gasteiger partial charge in [0.15, 0.2) is 0 Å². The summed E-state index contributed by atoms with van der Waals surface area (Å²) in [6, 6.07) is 4.79. The lowest BCUT2D eigenvalue weighted by Gasteiger charge is -2.27. The monoisotopic (exact) mass is 296 g/mol. The van der Waals surface area contributed by atoms with E-state index in [2.05, 4.69) is 5.32 Å². The van der Waals surface area contributed by atoms with Crippen molar-refractivity contribution >= 4 is 5.91 Å². The van der Waals surface area contributed by atoms with Crippen LogP contribution < -0.4 is 15.8 Å². The van der Waals surface area contributed by atoms with E-state index < -0.39 is 5.54 Å². The highest BCUT2D eigenvalue weighted by Crippen LogP contribution is 2.17. The molecule has 4 nitrogen and oxygen atoms in total. The summed E-state index contributed by atoms with van der Waals surface area (Å²) in [4.78, 5) is 11.5. The molecule has 1 unspecified atom stereocenters. The average molecular weight is 296 g/mol. The Bertz CT molecular complexity index is 479. The molecule has 1 amide bonds. The minimum atomic E-state index is -0.724. The van der Waals surface area contributed by atoms with Crippen LogP contribution in [0.5, 0.6) is 5.75 Å². The van der Waals surface area contributed by atoms with Crippen LogP contribution in [0.1, 0.15) is 38.7 Å². The van der Waals surface area contributed by atoms with Crippen molar-refractivity contribution in [3.8, 4) is 5.75 Å². The third-order valence-corrected chi connectivity index (χ3v) is 3.54. The van der Waals surface area contributed by atoms with Gasteiger partial charge in [0.2, 0.25) is 5.91 Å². The minimum absolute atomic E-state index is 0.279. The zero-order chi connectivity index (χ0) is 15.9. The van der Waals surface area contributed by atoms with Crippen LogP contribution in [-0.2, 0) is 4.79 Å². The maximum Gasteiger partial charge on any atom is 0.237 e. The number of carbonyl (C=O) groups is 1. The van der Waals surface area contributed by atoms with Crippen LogP contribution in [0.15, 0.2) is 18.2 Å². The molecular weight excluding hydrogens is 271 g/mol. The molecule has 0 aliphatic heterocycles. The SMILES string of the molecule is CCCNC(C)(CCCOc1ccc(C)c(F)c1)C(N)=O. The Labute approximate surface area is 125 Å². The lowest BCUT2D eigenvalue weighted by molar-refractivity contribution is -0.124. The zero-order valence-electron chi connectivity index (χ0n) is 13.0. The summed E-state index contributed by atoms with van der Waals surface area (Å²) < 4.78 is 18.9. The number of nitrogens with two attached hydrogens (primary N) is 1. The van der Waals surface area contributed by atoms with Crippen molar-refractivity contribution in [2.45, 2.75) is 45.6 Å². The van der Waals surface area contributed by atoms with Gasteiger partial charge in [-0.25, -0.2) is 4.39 Å². The van der Waals surface area contributed by atoms with Gasteiger partial charge in [-0.1, -0.05) is 13.0 Å². The maximum atomic E-state index is 13.4. The standard InChI is InChI=1S/C16H25FN2O2/c1-4-9-19-16(3,15(18)20)8-5-10-21-13-7-6-12(2)14(17)11-13/h6-7,11,19H,4-5,8-10H2,1-3H3,(H2,18,20). The van der Waals surface area contributed by atoms with Crippen LogP contribution in [0.2, 0.25) is 0 Å². The third kappa shape index (κ3) is 5.34. The summed E-state index contributed by atoms with van der Waals surface area (Å²) in [5, 5.41) is 3.17. The number of amides is 1. The van der Waals surface area contributed by atoms with E-state index >= 15 is 0 Å². The maximum absolute atomic E-state index is 13.4. The first kappa shape index (κ1) is 17.4. The van der Waals surface area contributed by atoms with Gasteiger partial charge in [-0.2, -0.15) is 0 Å². The van der Waals surface area contributed by atoms with Crippen LogP contribution in [0.3, 0.4) is 0 Å². The van der Waals surface area contributed by atoms with E-state index in [-0.39, 0.29) is 11.7 Å². The Morgan fingerprint density at radius 2 is 2.19 bits per heavy atom. The average Bonchev–Trinajstić information content (AvgIpc) is 2.45. The fourth-order valence-corrected chi connectivity index (χ4v) is 1.98. The van der Waals surface area contributed by atoms with Crippen molar-refractivity contribution in [2.75, 3.05) is 13.2 Å². The van der Waals surface area contributed by atoms with Crippen LogP contribution in [0, 0.1) is 12.7 Å². The smallest absolute Gasteiger partial charge is 0.237 e. The molecule has 0 aromatic heterocycles. The molecule has 1 rings (SSSR count). The van der Waals surface area contributed by atoms with Gasteiger partial charge in [0.1, 0.15) is 11.6 Å². The van der Waals surface area contributed by atoms with Gasteiger partial charge in [-0.3, -0.25) is 4.79 Å². The van der Waals surface area contributed by atoms with Gasteiger partial charge < -0.3 is 15.8 Å². The predicted octanol–water partition coefficient (Wildman–Crippen LogP) is 2.54. The molecule has 118 valence electrons. The number of ether oxygens (including phenoxy) is 1. The molecule has 0 fully saturated rings. The molecule has 0 bridgehead atoms. The molecule has 5 heteroatoms. The van der Waals surface area contributed by atoms with E-state index in [9.17, 15) is 9.18 Å². The van der Waals surface area contributed by atoms with Gasteiger partial charge in [0.05, 0.1) is 12.1 Å². The van der Waals surface area contributed by atoms with E-state index in [4.69, 9.17) is 10.5 Å². The van der Waals surface area contributed by atoms with Gasteiger partial charge in [0.25, 0.3) is 0 Å².